The Morgan fingerprint density at radius 3 is 0.890 bits per heavy atom. The maximum atomic E-state index is 8.91. The van der Waals surface area contributed by atoms with E-state index in [0.717, 1.165) is 84.0 Å². The molecule has 0 aliphatic carbocycles. The highest BCUT2D eigenvalue weighted by Gasteiger charge is 2.25. The molecule has 0 spiro atoms. The number of pyridine rings is 4. The van der Waals surface area contributed by atoms with Crippen molar-refractivity contribution in [3.8, 4) is 89.5 Å². The average Bonchev–Trinajstić information content (AvgIpc) is 0.742. The van der Waals surface area contributed by atoms with Crippen LogP contribution in [0.15, 0.2) is 201 Å². The molecule has 0 atom stereocenters. The van der Waals surface area contributed by atoms with Gasteiger partial charge in [-0.2, -0.15) is 0 Å². The molecule has 4 heteroatoms. The standard InChI is InChI=1S/2C27H34N.C26H32N.C25H30N/c2*1-18-14-26(28(8)17-21(18)4)25-15-24(19(2)13-20(25)3)23-12-10-9-11-22(23)16-27(5,6)7;1-18-12-13-21(23-11-9-8-10-22(23)16-26(4,5)6)15-24(18)25-14-19(2)20(3)17-27(25)7;1-7-8-21-9-11-22(12-10-21)23-15-24(19(4)13-18(23)3)25-14-17(2)20(5)16-26(25)6/h2*9-15,17H,16H2,1-8H3;8-15,17H,16H2,1-7H3;9-16H,7-8H2,1-6H3/q4*+1/i2*2D3,4D3,16D2;3D3,16D2;3D3,5D3,8D2. The maximum absolute atomic E-state index is 8.91. The van der Waals surface area contributed by atoms with Crippen molar-refractivity contribution in [1.29, 1.82) is 0 Å². The summed E-state index contributed by atoms with van der Waals surface area (Å²) in [5.74, 6) is 0. The zero-order valence-electron chi connectivity index (χ0n) is 97.0. The minimum atomic E-state index is -2.41. The highest BCUT2D eigenvalue weighted by atomic mass is 14.9. The lowest BCUT2D eigenvalue weighted by Crippen LogP contribution is -2.31. The second-order valence-corrected chi connectivity index (χ2v) is 32.0. The molecule has 0 N–H and O–H groups in total. The predicted octanol–water partition coefficient (Wildman–Crippen LogP) is 25.7. The second kappa shape index (κ2) is 34.9. The molecule has 109 heavy (non-hydrogen) atoms. The first-order valence-corrected chi connectivity index (χ1v) is 37.2. The fourth-order valence-electron chi connectivity index (χ4n) is 13.5. The lowest BCUT2D eigenvalue weighted by atomic mass is 9.83. The van der Waals surface area contributed by atoms with Crippen molar-refractivity contribution in [2.75, 3.05) is 0 Å². The van der Waals surface area contributed by atoms with Gasteiger partial charge in [0.15, 0.2) is 24.8 Å². The molecule has 12 rings (SSSR count). The van der Waals surface area contributed by atoms with Crippen LogP contribution in [-0.4, -0.2) is 0 Å². The van der Waals surface area contributed by atoms with Gasteiger partial charge in [0.1, 0.15) is 28.2 Å². The molecule has 12 aromatic rings. The fourth-order valence-corrected chi connectivity index (χ4v) is 13.5. The molecule has 0 aliphatic rings. The summed E-state index contributed by atoms with van der Waals surface area (Å²) in [6.45, 7) is 17.1. The first kappa shape index (κ1) is 51.7. The van der Waals surface area contributed by atoms with Crippen LogP contribution in [0.25, 0.3) is 89.5 Å². The number of aryl methyl sites for hydroxylation is 20. The molecule has 0 saturated carbocycles. The molecule has 4 aromatic heterocycles. The van der Waals surface area contributed by atoms with E-state index in [2.05, 4.69) is 6.07 Å². The van der Waals surface area contributed by atoms with Crippen molar-refractivity contribution in [1.82, 2.24) is 0 Å². The van der Waals surface area contributed by atoms with Crippen LogP contribution < -0.4 is 18.3 Å². The Kier molecular flexibility index (Phi) is 16.6. The average molecular weight is 1480 g/mol. The van der Waals surface area contributed by atoms with E-state index in [1.165, 1.54) is 0 Å². The Morgan fingerprint density at radius 1 is 0.266 bits per heavy atom. The molecule has 0 amide bonds. The van der Waals surface area contributed by atoms with Gasteiger partial charge in [-0.25, -0.2) is 18.3 Å². The van der Waals surface area contributed by atoms with E-state index < -0.39 is 89.7 Å². The van der Waals surface area contributed by atoms with Crippen LogP contribution in [-0.2, 0) is 53.7 Å². The minimum Gasteiger partial charge on any atom is -0.201 e. The normalized spacial score (nSPS) is 16.8. The van der Waals surface area contributed by atoms with Crippen LogP contribution in [0.4, 0.5) is 0 Å². The molecule has 0 fully saturated rings. The van der Waals surface area contributed by atoms with Gasteiger partial charge in [0, 0.05) is 109 Å². The highest BCUT2D eigenvalue weighted by molar-refractivity contribution is 5.81. The third kappa shape index (κ3) is 21.0. The Morgan fingerprint density at radius 2 is 0.560 bits per heavy atom. The van der Waals surface area contributed by atoms with Crippen molar-refractivity contribution >= 4 is 0 Å². The van der Waals surface area contributed by atoms with Gasteiger partial charge >= 0.3 is 0 Å². The van der Waals surface area contributed by atoms with E-state index in [4.69, 9.17) is 39.8 Å². The van der Waals surface area contributed by atoms with Gasteiger partial charge in [-0.3, -0.25) is 0 Å². The Bertz CT molecular complexity index is 6310. The molecule has 0 radical (unpaired) electrons. The number of hydrogen-bond donors (Lipinski definition) is 0. The van der Waals surface area contributed by atoms with E-state index in [9.17, 15) is 0 Å². The van der Waals surface area contributed by atoms with Crippen molar-refractivity contribution in [3.63, 3.8) is 0 Å². The van der Waals surface area contributed by atoms with Crippen LogP contribution in [0, 0.1) is 120 Å². The number of aromatic nitrogens is 4. The summed E-state index contributed by atoms with van der Waals surface area (Å²) in [6, 6.07) is 52.6. The van der Waals surface area contributed by atoms with Gasteiger partial charge in [-0.15, -0.1) is 0 Å². The van der Waals surface area contributed by atoms with Crippen molar-refractivity contribution < 1.29 is 58.0 Å². The number of hydrogen-bond acceptors (Lipinski definition) is 0. The van der Waals surface area contributed by atoms with Crippen LogP contribution in [0.2, 0.25) is 0 Å². The minimum absolute atomic E-state index is 0.152. The van der Waals surface area contributed by atoms with Crippen LogP contribution in [0.1, 0.15) is 221 Å². The van der Waals surface area contributed by atoms with Gasteiger partial charge in [-0.05, 0) is 297 Å². The second-order valence-electron chi connectivity index (χ2n) is 32.0. The first-order valence-electron chi connectivity index (χ1n) is 51.7. The zero-order chi connectivity index (χ0) is 105. The first-order chi connectivity index (χ1) is 62.7. The van der Waals surface area contributed by atoms with Crippen LogP contribution in [0.5, 0.6) is 0 Å². The lowest BCUT2D eigenvalue weighted by Gasteiger charge is -2.22. The predicted molar refractivity (Wildman–Crippen MR) is 468 cm³/mol. The summed E-state index contributed by atoms with van der Waals surface area (Å²) in [7, 11) is 7.19. The molecule has 8 aromatic carbocycles. The van der Waals surface area contributed by atoms with E-state index in [1.807, 2.05) is 175 Å². The zero-order valence-corrected chi connectivity index (χ0v) is 68.0. The van der Waals surface area contributed by atoms with Crippen molar-refractivity contribution in [3.05, 3.63) is 306 Å². The highest BCUT2D eigenvalue weighted by Crippen LogP contribution is 2.40. The largest absolute Gasteiger partial charge is 0.212 e. The summed E-state index contributed by atoms with van der Waals surface area (Å²) in [5.41, 5.74) is 19.1. The number of benzene rings is 8. The summed E-state index contributed by atoms with van der Waals surface area (Å²) < 4.78 is 244. The molecule has 0 aliphatic heterocycles. The van der Waals surface area contributed by atoms with Gasteiger partial charge in [0.05, 0.1) is 0 Å². The van der Waals surface area contributed by atoms with Gasteiger partial charge in [0.2, 0.25) is 22.8 Å². The smallest absolute Gasteiger partial charge is 0.201 e. The molecule has 4 nitrogen and oxygen atoms in total. The van der Waals surface area contributed by atoms with E-state index in [-0.39, 0.29) is 33.4 Å². The third-order valence-corrected chi connectivity index (χ3v) is 19.1. The van der Waals surface area contributed by atoms with Crippen LogP contribution in [0.3, 0.4) is 0 Å². The molecule has 0 saturated heterocycles. The fraction of sp³-hybridized carbons (Fsp3) is 0.352. The van der Waals surface area contributed by atoms with Crippen molar-refractivity contribution in [2.45, 2.75) is 205 Å². The van der Waals surface area contributed by atoms with E-state index in [0.29, 0.717) is 84.3 Å². The Balaban J connectivity index is 0.000000206. The Labute approximate surface area is 700 Å². The third-order valence-electron chi connectivity index (χ3n) is 19.1. The summed E-state index contributed by atoms with van der Waals surface area (Å²) >= 11 is 0. The summed E-state index contributed by atoms with van der Waals surface area (Å²) in [4.78, 5) is 0. The number of rotatable bonds is 13. The van der Waals surface area contributed by atoms with Gasteiger partial charge in [0.25, 0.3) is 0 Å². The Hall–Kier alpha value is -9.64. The molecule has 566 valence electrons. The number of nitrogens with zero attached hydrogens (tertiary/aromatic N) is 4. The molecule has 4 heterocycles. The SMILES string of the molecule is [2H]C([2H])([2H])c1c[n+](C)c(-c2cc(-c3ccc(C([2H])([2H])CC)cc3)c(C([2H])([2H])[2H])cc2C)cc1C.[2H]C([2H])([2H])c1c[n+](C)c(-c2cc(-c3ccccc3C([2H])([2H])C(C)(C)C)c(C([2H])([2H])[2H])cc2C)cc1C.[2H]C([2H])([2H])c1c[n+](C)c(-c2cc(-c3ccccc3C([2H])([2H])C(C)(C)C)c(C([2H])([2H])[2H])cc2C)cc1C.[2H]C([2H])([2H])c1c[n+](C)c(-c2cc(-c3ccccc3C([2H])([2H])C(C)(C)C)ccc2C)cc1C. The lowest BCUT2D eigenvalue weighted by molar-refractivity contribution is -0.660. The topological polar surface area (TPSA) is 15.5 Å². The van der Waals surface area contributed by atoms with Gasteiger partial charge in [-0.1, -0.05) is 203 Å². The molecular formula is C105H130N4+4. The van der Waals surface area contributed by atoms with Crippen LogP contribution >= 0.6 is 0 Å². The summed E-state index contributed by atoms with van der Waals surface area (Å²) in [6.07, 6.45) is 0.389. The maximum Gasteiger partial charge on any atom is 0.212 e. The van der Waals surface area contributed by atoms with E-state index >= 15 is 0 Å². The monoisotopic (exact) mass is 1480 g/mol. The molecule has 0 bridgehead atoms. The summed E-state index contributed by atoms with van der Waals surface area (Å²) in [5, 5.41) is 0. The molecule has 0 unspecified atom stereocenters. The van der Waals surface area contributed by atoms with Gasteiger partial charge < -0.3 is 0 Å². The quantitative estimate of drug-likeness (QED) is 0.102. The molecular weight excluding hydrogens is 1320 g/mol. The van der Waals surface area contributed by atoms with Crippen molar-refractivity contribution in [2.24, 2.45) is 44.4 Å². The van der Waals surface area contributed by atoms with E-state index in [1.54, 1.807) is 190 Å².